The molecule has 0 radical (unpaired) electrons. The highest BCUT2D eigenvalue weighted by Gasteiger charge is 2.17. The van der Waals surface area contributed by atoms with E-state index in [1.54, 1.807) is 18.2 Å². The van der Waals surface area contributed by atoms with E-state index in [2.05, 4.69) is 5.32 Å². The number of amides is 1. The van der Waals surface area contributed by atoms with Crippen molar-refractivity contribution in [3.05, 3.63) is 57.8 Å². The summed E-state index contributed by atoms with van der Waals surface area (Å²) in [4.78, 5) is 21.5. The molecule has 4 N–H and O–H groups in total. The summed E-state index contributed by atoms with van der Waals surface area (Å²) in [5, 5.41) is 20.3. The number of amidine groups is 1. The van der Waals surface area contributed by atoms with Crippen LogP contribution in [0.5, 0.6) is 0 Å². The second-order valence-electron chi connectivity index (χ2n) is 3.84. The maximum absolute atomic E-state index is 11.8. The van der Waals surface area contributed by atoms with Crippen LogP contribution in [0.3, 0.4) is 0 Å². The molecule has 0 aliphatic carbocycles. The molecule has 0 bridgehead atoms. The van der Waals surface area contributed by atoms with E-state index in [1.165, 1.54) is 12.1 Å². The van der Waals surface area contributed by atoms with Crippen LogP contribution in [0.25, 0.3) is 0 Å². The van der Waals surface area contributed by atoms with Gasteiger partial charge in [0.15, 0.2) is 5.76 Å². The van der Waals surface area contributed by atoms with Crippen LogP contribution in [0.4, 0.5) is 11.6 Å². The van der Waals surface area contributed by atoms with Gasteiger partial charge >= 0.3 is 5.88 Å². The van der Waals surface area contributed by atoms with Gasteiger partial charge in [-0.15, -0.1) is 0 Å². The Balaban J connectivity index is 2.16. The normalized spacial score (nSPS) is 10.0. The zero-order valence-corrected chi connectivity index (χ0v) is 10.1. The van der Waals surface area contributed by atoms with Gasteiger partial charge in [0.2, 0.25) is 0 Å². The van der Waals surface area contributed by atoms with Crippen molar-refractivity contribution in [2.75, 3.05) is 5.32 Å². The lowest BCUT2D eigenvalue weighted by molar-refractivity contribution is -0.402. The number of nitro groups is 1. The molecule has 2 rings (SSSR count). The summed E-state index contributed by atoms with van der Waals surface area (Å²) >= 11 is 0. The molecule has 1 aromatic heterocycles. The number of nitrogen functional groups attached to an aromatic ring is 1. The van der Waals surface area contributed by atoms with Crippen LogP contribution in [0.15, 0.2) is 40.8 Å². The molecule has 0 saturated heterocycles. The van der Waals surface area contributed by atoms with Crippen molar-refractivity contribution in [3.63, 3.8) is 0 Å². The van der Waals surface area contributed by atoms with Gasteiger partial charge < -0.3 is 15.5 Å². The van der Waals surface area contributed by atoms with Crippen molar-refractivity contribution in [2.45, 2.75) is 0 Å². The molecule has 0 atom stereocenters. The molecule has 1 aromatic carbocycles. The van der Waals surface area contributed by atoms with Crippen molar-refractivity contribution in [1.82, 2.24) is 0 Å². The predicted octanol–water partition coefficient (Wildman–Crippen LogP) is 1.72. The van der Waals surface area contributed by atoms with Crippen LogP contribution in [-0.4, -0.2) is 16.7 Å². The van der Waals surface area contributed by atoms with Gasteiger partial charge in [-0.1, -0.05) is 12.1 Å². The summed E-state index contributed by atoms with van der Waals surface area (Å²) < 4.78 is 4.78. The molecule has 0 aliphatic rings. The third-order valence-electron chi connectivity index (χ3n) is 2.43. The first-order valence-corrected chi connectivity index (χ1v) is 5.47. The summed E-state index contributed by atoms with van der Waals surface area (Å²) in [5.74, 6) is -1.44. The quantitative estimate of drug-likeness (QED) is 0.337. The molecule has 2 aromatic rings. The molecule has 0 spiro atoms. The highest BCUT2D eigenvalue weighted by atomic mass is 16.6. The Hall–Kier alpha value is -3.16. The van der Waals surface area contributed by atoms with Gasteiger partial charge in [0.05, 0.1) is 6.07 Å². The van der Waals surface area contributed by atoms with Crippen molar-refractivity contribution in [1.29, 1.82) is 5.41 Å². The SMILES string of the molecule is N=C(N)c1cccc(NC(=O)c2ccc([N+](=O)[O-])o2)c1. The summed E-state index contributed by atoms with van der Waals surface area (Å²) in [6.45, 7) is 0. The van der Waals surface area contributed by atoms with Gasteiger partial charge in [-0.25, -0.2) is 0 Å². The Morgan fingerprint density at radius 1 is 1.35 bits per heavy atom. The van der Waals surface area contributed by atoms with Crippen molar-refractivity contribution >= 4 is 23.3 Å². The van der Waals surface area contributed by atoms with Crippen LogP contribution in [-0.2, 0) is 0 Å². The number of nitrogens with zero attached hydrogens (tertiary/aromatic N) is 1. The summed E-state index contributed by atoms with van der Waals surface area (Å²) in [6.07, 6.45) is 0. The summed E-state index contributed by atoms with van der Waals surface area (Å²) in [7, 11) is 0. The van der Waals surface area contributed by atoms with E-state index in [0.717, 1.165) is 6.07 Å². The first kappa shape index (κ1) is 13.3. The van der Waals surface area contributed by atoms with E-state index >= 15 is 0 Å². The zero-order valence-electron chi connectivity index (χ0n) is 10.1. The molecule has 0 saturated carbocycles. The van der Waals surface area contributed by atoms with E-state index in [0.29, 0.717) is 11.3 Å². The Morgan fingerprint density at radius 2 is 2.10 bits per heavy atom. The average Bonchev–Trinajstić information content (AvgIpc) is 2.88. The number of anilines is 1. The van der Waals surface area contributed by atoms with Gasteiger partial charge in [-0.2, -0.15) is 0 Å². The number of hydrogen-bond donors (Lipinski definition) is 3. The standard InChI is InChI=1S/C12H10N4O4/c13-11(14)7-2-1-3-8(6-7)15-12(17)9-4-5-10(20-9)16(18)19/h1-6H,(H3,13,14)(H,15,17). The van der Waals surface area contributed by atoms with Crippen LogP contribution in [0.1, 0.15) is 16.1 Å². The topological polar surface area (TPSA) is 135 Å². The number of rotatable bonds is 4. The van der Waals surface area contributed by atoms with E-state index in [-0.39, 0.29) is 11.6 Å². The number of nitrogens with two attached hydrogens (primary N) is 1. The lowest BCUT2D eigenvalue weighted by Crippen LogP contribution is -2.14. The van der Waals surface area contributed by atoms with Crippen LogP contribution >= 0.6 is 0 Å². The molecule has 102 valence electrons. The van der Waals surface area contributed by atoms with Crippen LogP contribution < -0.4 is 11.1 Å². The van der Waals surface area contributed by atoms with Gasteiger partial charge in [0.1, 0.15) is 10.8 Å². The molecule has 1 amide bonds. The Morgan fingerprint density at radius 3 is 2.70 bits per heavy atom. The van der Waals surface area contributed by atoms with Gasteiger partial charge in [0.25, 0.3) is 5.91 Å². The van der Waals surface area contributed by atoms with E-state index in [9.17, 15) is 14.9 Å². The maximum atomic E-state index is 11.8. The van der Waals surface area contributed by atoms with E-state index in [1.807, 2.05) is 0 Å². The predicted molar refractivity (Wildman–Crippen MR) is 70.8 cm³/mol. The molecular weight excluding hydrogens is 264 g/mol. The molecular formula is C12H10N4O4. The third-order valence-corrected chi connectivity index (χ3v) is 2.43. The van der Waals surface area contributed by atoms with Gasteiger partial charge in [-0.05, 0) is 18.2 Å². The molecule has 8 nitrogen and oxygen atoms in total. The first-order chi connectivity index (χ1) is 9.47. The van der Waals surface area contributed by atoms with Crippen molar-refractivity contribution in [2.24, 2.45) is 5.73 Å². The minimum atomic E-state index is -0.729. The molecule has 1 heterocycles. The summed E-state index contributed by atoms with van der Waals surface area (Å²) in [6, 6.07) is 8.66. The van der Waals surface area contributed by atoms with Crippen molar-refractivity contribution < 1.29 is 14.1 Å². The zero-order chi connectivity index (χ0) is 14.7. The minimum Gasteiger partial charge on any atom is -0.395 e. The molecule has 20 heavy (non-hydrogen) atoms. The largest absolute Gasteiger partial charge is 0.433 e. The fraction of sp³-hybridized carbons (Fsp3) is 0. The lowest BCUT2D eigenvalue weighted by Gasteiger charge is -2.05. The van der Waals surface area contributed by atoms with E-state index < -0.39 is 16.7 Å². The average molecular weight is 274 g/mol. The number of hydrogen-bond acceptors (Lipinski definition) is 5. The highest BCUT2D eigenvalue weighted by molar-refractivity contribution is 6.03. The first-order valence-electron chi connectivity index (χ1n) is 5.47. The second-order valence-corrected chi connectivity index (χ2v) is 3.84. The highest BCUT2D eigenvalue weighted by Crippen LogP contribution is 2.17. The third kappa shape index (κ3) is 2.80. The number of carbonyl (C=O) groups excluding carboxylic acids is 1. The van der Waals surface area contributed by atoms with Crippen LogP contribution in [0.2, 0.25) is 0 Å². The van der Waals surface area contributed by atoms with Crippen molar-refractivity contribution in [3.8, 4) is 0 Å². The number of furan rings is 1. The Kier molecular flexibility index (Phi) is 3.47. The molecule has 0 unspecified atom stereocenters. The smallest absolute Gasteiger partial charge is 0.395 e. The minimum absolute atomic E-state index is 0.130. The lowest BCUT2D eigenvalue weighted by atomic mass is 10.2. The van der Waals surface area contributed by atoms with Gasteiger partial charge in [0, 0.05) is 11.3 Å². The molecule has 8 heteroatoms. The molecule has 0 fully saturated rings. The summed E-state index contributed by atoms with van der Waals surface area (Å²) in [5.41, 5.74) is 6.19. The second kappa shape index (κ2) is 5.22. The van der Waals surface area contributed by atoms with E-state index in [4.69, 9.17) is 15.6 Å². The molecule has 0 aliphatic heterocycles. The maximum Gasteiger partial charge on any atom is 0.433 e. The monoisotopic (exact) mass is 274 g/mol. The fourth-order valence-electron chi connectivity index (χ4n) is 1.51. The number of carbonyl (C=O) groups is 1. The fourth-order valence-corrected chi connectivity index (χ4v) is 1.51. The number of benzene rings is 1. The number of nitrogens with one attached hydrogen (secondary N) is 2. The van der Waals surface area contributed by atoms with Gasteiger partial charge in [-0.3, -0.25) is 20.3 Å². The Labute approximate surface area is 112 Å². The van der Waals surface area contributed by atoms with Crippen LogP contribution in [0, 0.1) is 15.5 Å². The Bertz CT molecular complexity index is 692.